The average Bonchev–Trinajstić information content (AvgIpc) is 3.91. The van der Waals surface area contributed by atoms with Gasteiger partial charge in [0, 0.05) is 53.5 Å². The molecule has 2 aromatic heterocycles. The molecule has 0 N–H and O–H groups in total. The molecule has 11 aromatic rings. The molecule has 1 aliphatic carbocycles. The molecule has 0 radical (unpaired) electrons. The monoisotopic (exact) mass is 759 g/mol. The maximum absolute atomic E-state index is 7.14. The van der Waals surface area contributed by atoms with Gasteiger partial charge in [0.05, 0.1) is 11.1 Å². The Morgan fingerprint density at radius 3 is 2.03 bits per heavy atom. The topological polar surface area (TPSA) is 16.4 Å². The van der Waals surface area contributed by atoms with Crippen molar-refractivity contribution in [3.05, 3.63) is 199 Å². The zero-order valence-corrected chi connectivity index (χ0v) is 33.0. The molecule has 1 aliphatic rings. The highest BCUT2D eigenvalue weighted by molar-refractivity contribution is 7.26. The van der Waals surface area contributed by atoms with Gasteiger partial charge in [-0.05, 0) is 92.7 Å². The van der Waals surface area contributed by atoms with E-state index in [1.807, 2.05) is 11.3 Å². The van der Waals surface area contributed by atoms with Gasteiger partial charge in [-0.3, -0.25) is 0 Å². The van der Waals surface area contributed by atoms with E-state index in [9.17, 15) is 0 Å². The van der Waals surface area contributed by atoms with Crippen molar-refractivity contribution in [1.82, 2.24) is 0 Å². The van der Waals surface area contributed by atoms with E-state index in [0.29, 0.717) is 0 Å². The summed E-state index contributed by atoms with van der Waals surface area (Å²) in [5, 5.41) is 7.16. The molecule has 0 saturated heterocycles. The van der Waals surface area contributed by atoms with Crippen molar-refractivity contribution in [2.24, 2.45) is 0 Å². The van der Waals surface area contributed by atoms with Crippen molar-refractivity contribution < 1.29 is 4.42 Å². The van der Waals surface area contributed by atoms with E-state index in [1.165, 1.54) is 69.9 Å². The Morgan fingerprint density at radius 2 is 1.16 bits per heavy atom. The van der Waals surface area contributed by atoms with Gasteiger partial charge in [-0.15, -0.1) is 11.3 Å². The molecule has 9 aromatic carbocycles. The van der Waals surface area contributed by atoms with Crippen LogP contribution in [0.15, 0.2) is 192 Å². The normalized spacial score (nSPS) is 13.1. The molecule has 0 atom stereocenters. The summed E-state index contributed by atoms with van der Waals surface area (Å²) < 4.78 is 9.71. The fourth-order valence-corrected chi connectivity index (χ4v) is 10.9. The predicted octanol–water partition coefficient (Wildman–Crippen LogP) is 16.2. The maximum atomic E-state index is 7.14. The van der Waals surface area contributed by atoms with E-state index in [1.54, 1.807) is 0 Å². The molecule has 3 heteroatoms. The van der Waals surface area contributed by atoms with Crippen molar-refractivity contribution in [3.63, 3.8) is 0 Å². The number of hydrogen-bond acceptors (Lipinski definition) is 3. The fraction of sp³-hybridized carbons (Fsp3) is 0.0545. The molecule has 0 bridgehead atoms. The summed E-state index contributed by atoms with van der Waals surface area (Å²) in [7, 11) is 0. The molecule has 2 heterocycles. The molecule has 274 valence electrons. The minimum atomic E-state index is -0.138. The van der Waals surface area contributed by atoms with Crippen molar-refractivity contribution in [3.8, 4) is 33.4 Å². The van der Waals surface area contributed by atoms with Gasteiger partial charge in [-0.2, -0.15) is 0 Å². The predicted molar refractivity (Wildman–Crippen MR) is 247 cm³/mol. The first-order valence-electron chi connectivity index (χ1n) is 20.0. The van der Waals surface area contributed by atoms with Crippen molar-refractivity contribution in [1.29, 1.82) is 0 Å². The summed E-state index contributed by atoms with van der Waals surface area (Å²) in [6.07, 6.45) is 0. The Labute approximate surface area is 340 Å². The first-order chi connectivity index (χ1) is 28.5. The van der Waals surface area contributed by atoms with Crippen LogP contribution >= 0.6 is 11.3 Å². The Kier molecular flexibility index (Phi) is 7.18. The van der Waals surface area contributed by atoms with Crippen LogP contribution in [0.1, 0.15) is 25.0 Å². The van der Waals surface area contributed by atoms with E-state index in [4.69, 9.17) is 4.42 Å². The summed E-state index contributed by atoms with van der Waals surface area (Å²) in [4.78, 5) is 2.44. The number of fused-ring (bicyclic) bond motifs is 10. The zero-order chi connectivity index (χ0) is 38.5. The highest BCUT2D eigenvalue weighted by Gasteiger charge is 2.36. The van der Waals surface area contributed by atoms with Crippen molar-refractivity contribution in [2.75, 3.05) is 4.90 Å². The molecule has 0 fully saturated rings. The third-order valence-corrected chi connectivity index (χ3v) is 13.7. The van der Waals surface area contributed by atoms with Gasteiger partial charge in [0.15, 0.2) is 0 Å². The Balaban J connectivity index is 1.13. The number of hydrogen-bond donors (Lipinski definition) is 0. The molecule has 0 aliphatic heterocycles. The van der Waals surface area contributed by atoms with E-state index in [0.717, 1.165) is 44.6 Å². The molecular formula is C55H37NOS. The van der Waals surface area contributed by atoms with Gasteiger partial charge >= 0.3 is 0 Å². The van der Waals surface area contributed by atoms with Crippen LogP contribution in [-0.2, 0) is 5.41 Å². The van der Waals surface area contributed by atoms with Gasteiger partial charge in [0.1, 0.15) is 11.2 Å². The number of thiophene rings is 1. The van der Waals surface area contributed by atoms with Gasteiger partial charge in [0.2, 0.25) is 0 Å². The molecular weight excluding hydrogens is 723 g/mol. The second kappa shape index (κ2) is 12.5. The zero-order valence-electron chi connectivity index (χ0n) is 32.2. The quantitative estimate of drug-likeness (QED) is 0.174. The maximum Gasteiger partial charge on any atom is 0.144 e. The lowest BCUT2D eigenvalue weighted by atomic mass is 9.82. The molecule has 12 rings (SSSR count). The Bertz CT molecular complexity index is 3420. The highest BCUT2D eigenvalue weighted by atomic mass is 32.1. The van der Waals surface area contributed by atoms with Crippen LogP contribution in [-0.4, -0.2) is 0 Å². The van der Waals surface area contributed by atoms with Crippen molar-refractivity contribution in [2.45, 2.75) is 19.3 Å². The van der Waals surface area contributed by atoms with Gasteiger partial charge in [-0.1, -0.05) is 153 Å². The van der Waals surface area contributed by atoms with Crippen LogP contribution in [0.25, 0.3) is 86.3 Å². The molecule has 0 spiro atoms. The summed E-state index contributed by atoms with van der Waals surface area (Å²) in [6, 6.07) is 68.7. The van der Waals surface area contributed by atoms with Crippen LogP contribution in [0.2, 0.25) is 0 Å². The standard InChI is InChI=1S/C55H37NOS/c1-55(2)46-22-10-8-18-40(46)41-31-30-38(33-47(41)55)56(37-28-26-35(27-29-37)34-14-4-3-5-15-34)48-23-13-24-49-52(48)45-32-36-16-6-7-17-39(36)51(53(45)57-49)44-21-12-20-43-42-19-9-11-25-50(42)58-54(43)44/h3-33H,1-2H3. The second-order valence-corrected chi connectivity index (χ2v) is 17.1. The molecule has 0 saturated carbocycles. The first kappa shape index (κ1) is 33.2. The Morgan fingerprint density at radius 1 is 0.483 bits per heavy atom. The minimum absolute atomic E-state index is 0.138. The average molecular weight is 760 g/mol. The number of nitrogens with zero attached hydrogens (tertiary/aromatic N) is 1. The summed E-state index contributed by atoms with van der Waals surface area (Å²) in [5.74, 6) is 0. The third kappa shape index (κ3) is 4.84. The lowest BCUT2D eigenvalue weighted by Crippen LogP contribution is -2.16. The largest absolute Gasteiger partial charge is 0.455 e. The lowest BCUT2D eigenvalue weighted by Gasteiger charge is -2.29. The third-order valence-electron chi connectivity index (χ3n) is 12.5. The van der Waals surface area contributed by atoms with Crippen LogP contribution in [0.3, 0.4) is 0 Å². The number of benzene rings is 9. The van der Waals surface area contributed by atoms with Gasteiger partial charge in [0.25, 0.3) is 0 Å². The minimum Gasteiger partial charge on any atom is -0.455 e. The van der Waals surface area contributed by atoms with E-state index in [-0.39, 0.29) is 5.41 Å². The number of furan rings is 1. The molecule has 58 heavy (non-hydrogen) atoms. The van der Waals surface area contributed by atoms with E-state index in [2.05, 4.69) is 207 Å². The Hall–Kier alpha value is -6.94. The van der Waals surface area contributed by atoms with Gasteiger partial charge < -0.3 is 9.32 Å². The van der Waals surface area contributed by atoms with Crippen LogP contribution in [0, 0.1) is 0 Å². The van der Waals surface area contributed by atoms with E-state index < -0.39 is 0 Å². The fourth-order valence-electron chi connectivity index (χ4n) is 9.70. The molecule has 2 nitrogen and oxygen atoms in total. The SMILES string of the molecule is CC1(C)c2ccccc2-c2ccc(N(c3ccc(-c4ccccc4)cc3)c3cccc4oc5c(-c6cccc7c6sc6ccccc67)c6ccccc6cc5c34)cc21. The molecule has 0 amide bonds. The smallest absolute Gasteiger partial charge is 0.144 e. The summed E-state index contributed by atoms with van der Waals surface area (Å²) >= 11 is 1.86. The molecule has 0 unspecified atom stereocenters. The second-order valence-electron chi connectivity index (χ2n) is 16.0. The van der Waals surface area contributed by atoms with Crippen LogP contribution in [0.5, 0.6) is 0 Å². The summed E-state index contributed by atoms with van der Waals surface area (Å²) in [5.41, 5.74) is 15.0. The first-order valence-corrected chi connectivity index (χ1v) is 20.8. The lowest BCUT2D eigenvalue weighted by molar-refractivity contribution is 0.660. The van der Waals surface area contributed by atoms with Gasteiger partial charge in [-0.25, -0.2) is 0 Å². The van der Waals surface area contributed by atoms with E-state index >= 15 is 0 Å². The number of anilines is 3. The van der Waals surface area contributed by atoms with Crippen molar-refractivity contribution >= 4 is 81.3 Å². The number of rotatable bonds is 5. The summed E-state index contributed by atoms with van der Waals surface area (Å²) in [6.45, 7) is 4.71. The van der Waals surface area contributed by atoms with Crippen LogP contribution in [0.4, 0.5) is 17.1 Å². The van der Waals surface area contributed by atoms with Crippen LogP contribution < -0.4 is 4.90 Å². The highest BCUT2D eigenvalue weighted by Crippen LogP contribution is 2.53.